The number of aromatic nitrogens is 2. The summed E-state index contributed by atoms with van der Waals surface area (Å²) in [5, 5.41) is 16.2. The van der Waals surface area contributed by atoms with E-state index in [1.54, 1.807) is 23.1 Å². The number of rotatable bonds is 5. The molecule has 6 nitrogen and oxygen atoms in total. The highest BCUT2D eigenvalue weighted by molar-refractivity contribution is 5.87. The summed E-state index contributed by atoms with van der Waals surface area (Å²) in [4.78, 5) is 23.5. The molecular formula is C14H21N3O3. The van der Waals surface area contributed by atoms with Gasteiger partial charge in [0.1, 0.15) is 5.54 Å². The standard InChI is InChI=1S/C14H21N3O3/c1-11-3-6-14(7-4-11,13(19)20)16-12(18)5-10-17-9-2-8-15-17/h2,8-9,11H,3-7,10H2,1H3,(H,16,18)(H,19,20). The van der Waals surface area contributed by atoms with E-state index in [0.29, 0.717) is 25.3 Å². The predicted octanol–water partition coefficient (Wildman–Crippen LogP) is 1.42. The van der Waals surface area contributed by atoms with Gasteiger partial charge in [-0.2, -0.15) is 5.10 Å². The molecule has 1 fully saturated rings. The number of aliphatic carboxylic acids is 1. The van der Waals surface area contributed by atoms with E-state index in [0.717, 1.165) is 12.8 Å². The zero-order valence-corrected chi connectivity index (χ0v) is 11.7. The molecule has 0 spiro atoms. The van der Waals surface area contributed by atoms with E-state index in [1.165, 1.54) is 0 Å². The zero-order chi connectivity index (χ0) is 14.6. The molecule has 0 unspecified atom stereocenters. The third-order valence-electron chi connectivity index (χ3n) is 4.04. The Balaban J connectivity index is 1.91. The molecule has 1 aliphatic carbocycles. The number of nitrogens with one attached hydrogen (secondary N) is 1. The molecule has 1 aromatic heterocycles. The Labute approximate surface area is 118 Å². The number of nitrogens with zero attached hydrogens (tertiary/aromatic N) is 2. The average molecular weight is 279 g/mol. The van der Waals surface area contributed by atoms with Crippen LogP contribution in [-0.2, 0) is 16.1 Å². The van der Waals surface area contributed by atoms with Gasteiger partial charge in [0.2, 0.25) is 5.91 Å². The topological polar surface area (TPSA) is 84.2 Å². The Bertz CT molecular complexity index is 462. The smallest absolute Gasteiger partial charge is 0.329 e. The molecule has 20 heavy (non-hydrogen) atoms. The third-order valence-corrected chi connectivity index (χ3v) is 4.04. The van der Waals surface area contributed by atoms with Gasteiger partial charge in [0.25, 0.3) is 0 Å². The second kappa shape index (κ2) is 6.07. The van der Waals surface area contributed by atoms with Crippen molar-refractivity contribution in [3.63, 3.8) is 0 Å². The van der Waals surface area contributed by atoms with Gasteiger partial charge in [-0.15, -0.1) is 0 Å². The second-order valence-electron chi connectivity index (χ2n) is 5.64. The first-order valence-corrected chi connectivity index (χ1v) is 7.04. The number of hydrogen-bond acceptors (Lipinski definition) is 3. The van der Waals surface area contributed by atoms with Crippen molar-refractivity contribution in [2.75, 3.05) is 0 Å². The molecule has 1 amide bonds. The van der Waals surface area contributed by atoms with E-state index in [2.05, 4.69) is 17.3 Å². The van der Waals surface area contributed by atoms with Gasteiger partial charge in [-0.1, -0.05) is 6.92 Å². The molecule has 2 rings (SSSR count). The normalized spacial score (nSPS) is 26.1. The van der Waals surface area contributed by atoms with Gasteiger partial charge in [-0.3, -0.25) is 9.48 Å². The van der Waals surface area contributed by atoms with E-state index < -0.39 is 11.5 Å². The fraction of sp³-hybridized carbons (Fsp3) is 0.643. The Hall–Kier alpha value is -1.85. The van der Waals surface area contributed by atoms with Crippen molar-refractivity contribution >= 4 is 11.9 Å². The average Bonchev–Trinajstić information content (AvgIpc) is 2.92. The van der Waals surface area contributed by atoms with Crippen molar-refractivity contribution in [1.29, 1.82) is 0 Å². The Morgan fingerprint density at radius 1 is 1.45 bits per heavy atom. The molecule has 1 aromatic rings. The van der Waals surface area contributed by atoms with Crippen LogP contribution in [0, 0.1) is 5.92 Å². The molecule has 0 aromatic carbocycles. The van der Waals surface area contributed by atoms with Gasteiger partial charge in [-0.25, -0.2) is 4.79 Å². The number of hydrogen-bond donors (Lipinski definition) is 2. The fourth-order valence-electron chi connectivity index (χ4n) is 2.63. The van der Waals surface area contributed by atoms with Crippen molar-refractivity contribution < 1.29 is 14.7 Å². The summed E-state index contributed by atoms with van der Waals surface area (Å²) >= 11 is 0. The monoisotopic (exact) mass is 279 g/mol. The van der Waals surface area contributed by atoms with Crippen LogP contribution in [-0.4, -0.2) is 32.3 Å². The highest BCUT2D eigenvalue weighted by Gasteiger charge is 2.42. The van der Waals surface area contributed by atoms with Crippen LogP contribution in [0.5, 0.6) is 0 Å². The van der Waals surface area contributed by atoms with Crippen molar-refractivity contribution in [2.45, 2.75) is 51.1 Å². The van der Waals surface area contributed by atoms with Crippen LogP contribution in [0.3, 0.4) is 0 Å². The summed E-state index contributed by atoms with van der Waals surface area (Å²) in [6, 6.07) is 1.79. The van der Waals surface area contributed by atoms with Gasteiger partial charge >= 0.3 is 5.97 Å². The minimum absolute atomic E-state index is 0.225. The van der Waals surface area contributed by atoms with Crippen LogP contribution < -0.4 is 5.32 Å². The number of carbonyl (C=O) groups is 2. The van der Waals surface area contributed by atoms with Crippen LogP contribution in [0.4, 0.5) is 0 Å². The molecule has 0 bridgehead atoms. The number of amides is 1. The maximum absolute atomic E-state index is 12.0. The van der Waals surface area contributed by atoms with E-state index in [4.69, 9.17) is 0 Å². The Kier molecular flexibility index (Phi) is 4.42. The van der Waals surface area contributed by atoms with Crippen LogP contribution in [0.25, 0.3) is 0 Å². The fourth-order valence-corrected chi connectivity index (χ4v) is 2.63. The van der Waals surface area contributed by atoms with E-state index >= 15 is 0 Å². The van der Waals surface area contributed by atoms with Crippen LogP contribution in [0.2, 0.25) is 0 Å². The van der Waals surface area contributed by atoms with Crippen molar-refractivity contribution in [3.05, 3.63) is 18.5 Å². The molecule has 1 saturated carbocycles. The highest BCUT2D eigenvalue weighted by atomic mass is 16.4. The summed E-state index contributed by atoms with van der Waals surface area (Å²) in [5.74, 6) is -0.613. The molecule has 0 radical (unpaired) electrons. The predicted molar refractivity (Wildman–Crippen MR) is 73.0 cm³/mol. The van der Waals surface area contributed by atoms with Gasteiger partial charge in [-0.05, 0) is 37.7 Å². The van der Waals surface area contributed by atoms with E-state index in [1.807, 2.05) is 0 Å². The zero-order valence-electron chi connectivity index (χ0n) is 11.7. The summed E-state index contributed by atoms with van der Waals surface area (Å²) in [7, 11) is 0. The molecule has 0 aliphatic heterocycles. The van der Waals surface area contributed by atoms with E-state index in [9.17, 15) is 14.7 Å². The Morgan fingerprint density at radius 2 is 2.15 bits per heavy atom. The van der Waals surface area contributed by atoms with Crippen LogP contribution in [0.15, 0.2) is 18.5 Å². The molecule has 6 heteroatoms. The second-order valence-corrected chi connectivity index (χ2v) is 5.64. The highest BCUT2D eigenvalue weighted by Crippen LogP contribution is 2.32. The van der Waals surface area contributed by atoms with Crippen LogP contribution >= 0.6 is 0 Å². The largest absolute Gasteiger partial charge is 0.480 e. The molecule has 2 N–H and O–H groups in total. The van der Waals surface area contributed by atoms with Gasteiger partial charge in [0.15, 0.2) is 0 Å². The van der Waals surface area contributed by atoms with E-state index in [-0.39, 0.29) is 12.3 Å². The minimum Gasteiger partial charge on any atom is -0.480 e. The SMILES string of the molecule is CC1CCC(NC(=O)CCn2cccn2)(C(=O)O)CC1. The van der Waals surface area contributed by atoms with Gasteiger partial charge in [0.05, 0.1) is 0 Å². The molecule has 0 atom stereocenters. The first kappa shape index (κ1) is 14.6. The molecule has 1 aliphatic rings. The molecule has 1 heterocycles. The first-order chi connectivity index (χ1) is 9.52. The maximum Gasteiger partial charge on any atom is 0.329 e. The lowest BCUT2D eigenvalue weighted by Gasteiger charge is -2.36. The number of carboxylic acid groups (broad SMARTS) is 1. The molecule has 0 saturated heterocycles. The summed E-state index contributed by atoms with van der Waals surface area (Å²) in [5.41, 5.74) is -1.08. The number of carboxylic acids is 1. The van der Waals surface area contributed by atoms with Gasteiger partial charge < -0.3 is 10.4 Å². The Morgan fingerprint density at radius 3 is 2.70 bits per heavy atom. The molecular weight excluding hydrogens is 258 g/mol. The van der Waals surface area contributed by atoms with Crippen molar-refractivity contribution in [1.82, 2.24) is 15.1 Å². The lowest BCUT2D eigenvalue weighted by molar-refractivity contribution is -0.149. The number of carbonyl (C=O) groups excluding carboxylic acids is 1. The lowest BCUT2D eigenvalue weighted by Crippen LogP contribution is -2.56. The third kappa shape index (κ3) is 3.37. The quantitative estimate of drug-likeness (QED) is 0.853. The van der Waals surface area contributed by atoms with Crippen molar-refractivity contribution in [2.24, 2.45) is 5.92 Å². The van der Waals surface area contributed by atoms with Crippen LogP contribution in [0.1, 0.15) is 39.0 Å². The molecule has 110 valence electrons. The lowest BCUT2D eigenvalue weighted by atomic mass is 9.77. The van der Waals surface area contributed by atoms with Gasteiger partial charge in [0, 0.05) is 25.4 Å². The summed E-state index contributed by atoms with van der Waals surface area (Å²) < 4.78 is 1.66. The summed E-state index contributed by atoms with van der Waals surface area (Å²) in [6.45, 7) is 2.58. The number of aryl methyl sites for hydroxylation is 1. The summed E-state index contributed by atoms with van der Waals surface area (Å²) in [6.07, 6.45) is 6.37. The first-order valence-electron chi connectivity index (χ1n) is 7.04. The van der Waals surface area contributed by atoms with Crippen molar-refractivity contribution in [3.8, 4) is 0 Å². The maximum atomic E-state index is 12.0. The minimum atomic E-state index is -1.08.